The molecule has 4 amide bonds. The van der Waals surface area contributed by atoms with E-state index in [2.05, 4.69) is 10.0 Å². The Balaban J connectivity index is 1.44. The van der Waals surface area contributed by atoms with E-state index >= 15 is 13.6 Å². The molecule has 2 aliphatic carbocycles. The van der Waals surface area contributed by atoms with Crippen LogP contribution in [0.1, 0.15) is 79.6 Å². The highest BCUT2D eigenvalue weighted by atomic mass is 32.2. The van der Waals surface area contributed by atoms with E-state index in [0.29, 0.717) is 54.5 Å². The second kappa shape index (κ2) is 16.0. The van der Waals surface area contributed by atoms with Crippen molar-refractivity contribution in [1.82, 2.24) is 24.8 Å². The van der Waals surface area contributed by atoms with Gasteiger partial charge in [0.2, 0.25) is 27.7 Å². The van der Waals surface area contributed by atoms with Gasteiger partial charge in [0.15, 0.2) is 0 Å². The molecule has 3 fully saturated rings. The van der Waals surface area contributed by atoms with Crippen LogP contribution in [0.3, 0.4) is 0 Å². The van der Waals surface area contributed by atoms with Crippen LogP contribution in [0.2, 0.25) is 0 Å². The normalized spacial score (nSPS) is 28.1. The first-order valence-electron chi connectivity index (χ1n) is 20.1. The van der Waals surface area contributed by atoms with E-state index in [1.54, 1.807) is 50.2 Å². The Bertz CT molecular complexity index is 2120. The van der Waals surface area contributed by atoms with Crippen molar-refractivity contribution < 1.29 is 51.0 Å². The fourth-order valence-corrected chi connectivity index (χ4v) is 9.72. The van der Waals surface area contributed by atoms with Crippen molar-refractivity contribution in [3.05, 3.63) is 36.4 Å². The lowest BCUT2D eigenvalue weighted by atomic mass is 9.84. The van der Waals surface area contributed by atoms with Crippen LogP contribution in [0.25, 0.3) is 10.8 Å². The van der Waals surface area contributed by atoms with Gasteiger partial charge in [0.1, 0.15) is 40.8 Å². The van der Waals surface area contributed by atoms with Gasteiger partial charge in [-0.05, 0) is 93.9 Å². The number of alkyl halides is 2. The van der Waals surface area contributed by atoms with Crippen molar-refractivity contribution in [2.24, 2.45) is 17.8 Å². The molecule has 6 rings (SSSR count). The van der Waals surface area contributed by atoms with E-state index in [1.807, 2.05) is 19.1 Å². The monoisotopic (exact) mass is 846 g/mol. The molecule has 15 nitrogen and oxygen atoms in total. The SMILES string of the molecule is COc1ccc2c(O[C@@H]3C[C@H]4C(=O)N[C@]5(C(=O)NS(=O)(=O)C6CC6)C[C@H]5C=CCC[C@@H](C)C[C@@H](C)[C@H](N(C(=O)O)C(C)(C)C(C)(F)F)C(=O)N4C3)nc(N(C)C)cc2c1. The third kappa shape index (κ3) is 8.78. The van der Waals surface area contributed by atoms with Crippen molar-refractivity contribution in [1.29, 1.82) is 0 Å². The van der Waals surface area contributed by atoms with Gasteiger partial charge in [0.25, 0.3) is 11.8 Å². The molecular weight excluding hydrogens is 791 g/mol. The minimum Gasteiger partial charge on any atom is -0.497 e. The maximum absolute atomic E-state index is 15.4. The smallest absolute Gasteiger partial charge is 0.408 e. The third-order valence-electron chi connectivity index (χ3n) is 12.5. The molecule has 18 heteroatoms. The number of pyridine rings is 1. The second-order valence-corrected chi connectivity index (χ2v) is 19.5. The van der Waals surface area contributed by atoms with Crippen molar-refractivity contribution >= 4 is 50.4 Å². The summed E-state index contributed by atoms with van der Waals surface area (Å²) >= 11 is 0. The molecule has 0 unspecified atom stereocenters. The number of amides is 4. The number of halogens is 2. The highest BCUT2D eigenvalue weighted by molar-refractivity contribution is 7.91. The van der Waals surface area contributed by atoms with Crippen molar-refractivity contribution in [3.63, 3.8) is 0 Å². The summed E-state index contributed by atoms with van der Waals surface area (Å²) in [5, 5.41) is 14.1. The Morgan fingerprint density at radius 2 is 1.78 bits per heavy atom. The number of sulfonamides is 1. The fourth-order valence-electron chi connectivity index (χ4n) is 8.35. The number of aromatic nitrogens is 1. The maximum Gasteiger partial charge on any atom is 0.408 e. The van der Waals surface area contributed by atoms with E-state index in [1.165, 1.54) is 7.11 Å². The summed E-state index contributed by atoms with van der Waals surface area (Å²) in [6.45, 7) is 6.05. The number of carboxylic acid groups (broad SMARTS) is 1. The number of nitrogens with one attached hydrogen (secondary N) is 2. The van der Waals surface area contributed by atoms with Crippen LogP contribution in [0.15, 0.2) is 36.4 Å². The Kier molecular flexibility index (Phi) is 11.9. The quantitative estimate of drug-likeness (QED) is 0.275. The van der Waals surface area contributed by atoms with Gasteiger partial charge in [-0.2, -0.15) is 4.98 Å². The summed E-state index contributed by atoms with van der Waals surface area (Å²) in [5.74, 6) is -6.31. The number of hydrogen-bond acceptors (Lipinski definition) is 10. The van der Waals surface area contributed by atoms with Crippen molar-refractivity contribution in [2.75, 3.05) is 32.6 Å². The molecule has 324 valence electrons. The lowest BCUT2D eigenvalue weighted by molar-refractivity contribution is -0.156. The zero-order valence-electron chi connectivity index (χ0n) is 34.8. The first-order valence-corrected chi connectivity index (χ1v) is 21.6. The molecule has 2 aliphatic heterocycles. The van der Waals surface area contributed by atoms with Gasteiger partial charge in [-0.15, -0.1) is 0 Å². The average molecular weight is 847 g/mol. The number of carbonyl (C=O) groups is 4. The van der Waals surface area contributed by atoms with Crippen molar-refractivity contribution in [3.8, 4) is 11.6 Å². The summed E-state index contributed by atoms with van der Waals surface area (Å²) in [4.78, 5) is 65.0. The predicted molar refractivity (Wildman–Crippen MR) is 216 cm³/mol. The van der Waals surface area contributed by atoms with Crippen LogP contribution in [-0.2, 0) is 24.4 Å². The second-order valence-electron chi connectivity index (χ2n) is 17.6. The number of carbonyl (C=O) groups excluding carboxylic acids is 3. The van der Waals surface area contributed by atoms with Gasteiger partial charge in [-0.3, -0.25) is 24.0 Å². The maximum atomic E-state index is 15.4. The fraction of sp³-hybridized carbons (Fsp3) is 0.634. The molecule has 0 bridgehead atoms. The van der Waals surface area contributed by atoms with E-state index in [4.69, 9.17) is 14.5 Å². The molecule has 2 saturated carbocycles. The van der Waals surface area contributed by atoms with Crippen LogP contribution in [-0.4, -0.2) is 120 Å². The van der Waals surface area contributed by atoms with E-state index in [9.17, 15) is 27.9 Å². The zero-order valence-corrected chi connectivity index (χ0v) is 35.6. The first-order chi connectivity index (χ1) is 27.5. The predicted octanol–water partition coefficient (Wildman–Crippen LogP) is 4.94. The topological polar surface area (TPSA) is 188 Å². The Morgan fingerprint density at radius 1 is 1.08 bits per heavy atom. The van der Waals surface area contributed by atoms with Gasteiger partial charge in [-0.1, -0.05) is 26.0 Å². The largest absolute Gasteiger partial charge is 0.497 e. The number of ether oxygens (including phenoxy) is 2. The lowest BCUT2D eigenvalue weighted by Crippen LogP contribution is -2.66. The van der Waals surface area contributed by atoms with E-state index < -0.39 is 86.1 Å². The lowest BCUT2D eigenvalue weighted by Gasteiger charge is -2.47. The summed E-state index contributed by atoms with van der Waals surface area (Å²) in [7, 11) is 1.14. The van der Waals surface area contributed by atoms with Crippen LogP contribution in [0, 0.1) is 17.8 Å². The van der Waals surface area contributed by atoms with Gasteiger partial charge in [0.05, 0.1) is 18.9 Å². The van der Waals surface area contributed by atoms with Gasteiger partial charge < -0.3 is 29.7 Å². The summed E-state index contributed by atoms with van der Waals surface area (Å²) in [6.07, 6.45) is 3.14. The van der Waals surface area contributed by atoms with Gasteiger partial charge in [-0.25, -0.2) is 22.0 Å². The number of methoxy groups -OCH3 is 1. The van der Waals surface area contributed by atoms with Crippen molar-refractivity contribution in [2.45, 2.75) is 120 Å². The van der Waals surface area contributed by atoms with Crippen LogP contribution >= 0.6 is 0 Å². The molecule has 1 saturated heterocycles. The number of rotatable bonds is 10. The standard InChI is InChI=1S/C41H56F2N6O9S/c1-23-11-9-10-12-26-21-41(26,37(52)46-59(55,56)29-14-15-29)45-34(50)31-20-28(58-35-30-16-13-27(57-8)18-25(30)19-32(44-35)47(6)7)22-48(31)36(51)33(24(2)17-23)49(38(53)54)39(3,4)40(5,42)43/h10,12-13,16,18-19,23-24,26,28-29,31,33H,9,11,14-15,17,20-22H2,1-8H3,(H,45,50)(H,46,52)(H,53,54)/t23-,24-,26-,28-,31+,33+,41-/m1/s1. The molecule has 7 atom stereocenters. The average Bonchev–Trinajstić information content (AvgIpc) is 4.07. The summed E-state index contributed by atoms with van der Waals surface area (Å²) in [6, 6.07) is 4.09. The van der Waals surface area contributed by atoms with Crippen LogP contribution in [0.5, 0.6) is 11.6 Å². The molecule has 1 aromatic heterocycles. The zero-order chi connectivity index (χ0) is 43.4. The van der Waals surface area contributed by atoms with Gasteiger partial charge in [0, 0.05) is 38.7 Å². The highest BCUT2D eigenvalue weighted by Crippen LogP contribution is 2.47. The van der Waals surface area contributed by atoms with E-state index in [0.717, 1.165) is 24.1 Å². The number of nitrogens with zero attached hydrogens (tertiary/aromatic N) is 4. The molecule has 3 N–H and O–H groups in total. The Labute approximate surface area is 343 Å². The molecule has 3 heterocycles. The molecule has 59 heavy (non-hydrogen) atoms. The summed E-state index contributed by atoms with van der Waals surface area (Å²) in [5.41, 5.74) is -4.03. The molecule has 2 aromatic rings. The molecular formula is C41H56F2N6O9S. The number of benzene rings is 1. The number of fused-ring (bicyclic) bond motifs is 3. The van der Waals surface area contributed by atoms with E-state index in [-0.39, 0.29) is 37.6 Å². The molecule has 0 spiro atoms. The summed E-state index contributed by atoms with van der Waals surface area (Å²) < 4.78 is 70.8. The first kappa shape index (κ1) is 43.8. The van der Waals surface area contributed by atoms with Crippen LogP contribution < -0.4 is 24.4 Å². The Hall–Kier alpha value is -4.74. The number of anilines is 1. The molecule has 0 radical (unpaired) electrons. The molecule has 1 aromatic carbocycles. The number of allylic oxidation sites excluding steroid dienone is 1. The minimum absolute atomic E-state index is 0.0976. The van der Waals surface area contributed by atoms with Crippen LogP contribution in [0.4, 0.5) is 19.4 Å². The highest BCUT2D eigenvalue weighted by Gasteiger charge is 2.62. The van der Waals surface area contributed by atoms with Gasteiger partial charge >= 0.3 is 6.09 Å². The minimum atomic E-state index is -4.00. The number of hydrogen-bond donors (Lipinski definition) is 3. The molecule has 4 aliphatic rings. The third-order valence-corrected chi connectivity index (χ3v) is 14.3. The Morgan fingerprint density at radius 3 is 2.39 bits per heavy atom.